The molecule has 0 saturated heterocycles. The summed E-state index contributed by atoms with van der Waals surface area (Å²) in [6.07, 6.45) is 1.42. The van der Waals surface area contributed by atoms with E-state index in [0.717, 1.165) is 15.7 Å². The average molecular weight is 269 g/mol. The summed E-state index contributed by atoms with van der Waals surface area (Å²) in [4.78, 5) is 19.4. The van der Waals surface area contributed by atoms with Crippen LogP contribution in [0.4, 0.5) is 11.5 Å². The first-order valence-electron chi connectivity index (χ1n) is 6.02. The maximum atomic E-state index is 11.2. The van der Waals surface area contributed by atoms with Gasteiger partial charge in [0.1, 0.15) is 17.8 Å². The zero-order chi connectivity index (χ0) is 14.3. The molecule has 20 heavy (non-hydrogen) atoms. The van der Waals surface area contributed by atoms with Crippen LogP contribution in [0, 0.1) is 4.91 Å². The normalized spacial score (nSPS) is 10.9. The van der Waals surface area contributed by atoms with Crippen LogP contribution in [0.15, 0.2) is 30.6 Å². The van der Waals surface area contributed by atoms with Crippen LogP contribution in [0.3, 0.4) is 0 Å². The Morgan fingerprint density at radius 3 is 2.55 bits per heavy atom. The smallest absolute Gasteiger partial charge is 0.255 e. The van der Waals surface area contributed by atoms with Gasteiger partial charge in [0.25, 0.3) is 5.69 Å². The first-order valence-corrected chi connectivity index (χ1v) is 6.02. The number of aromatic nitrogens is 4. The summed E-state index contributed by atoms with van der Waals surface area (Å²) in [5.41, 5.74) is 8.76. The van der Waals surface area contributed by atoms with E-state index in [0.29, 0.717) is 22.8 Å². The lowest BCUT2D eigenvalue weighted by molar-refractivity contribution is -0.428. The maximum absolute atomic E-state index is 11.2. The summed E-state index contributed by atoms with van der Waals surface area (Å²) in [5.74, 6) is 0.392. The van der Waals surface area contributed by atoms with Crippen LogP contribution >= 0.6 is 0 Å². The summed E-state index contributed by atoms with van der Waals surface area (Å²) >= 11 is 0. The largest absolute Gasteiger partial charge is 0.383 e. The predicted octanol–water partition coefficient (Wildman–Crippen LogP) is 1.65. The number of nitrogens with two attached hydrogens (primary N) is 1. The highest BCUT2D eigenvalue weighted by atomic mass is 16.3. The lowest BCUT2D eigenvalue weighted by Crippen LogP contribution is -1.95. The minimum absolute atomic E-state index is 0.392. The van der Waals surface area contributed by atoms with Crippen LogP contribution in [0.25, 0.3) is 22.3 Å². The lowest BCUT2D eigenvalue weighted by Gasteiger charge is -1.99. The Morgan fingerprint density at radius 1 is 1.20 bits per heavy atom. The minimum Gasteiger partial charge on any atom is -0.383 e. The van der Waals surface area contributed by atoms with Gasteiger partial charge in [-0.15, -0.1) is 0 Å². The molecular formula is C13H13N6O+. The van der Waals surface area contributed by atoms with E-state index in [1.165, 1.54) is 13.4 Å². The summed E-state index contributed by atoms with van der Waals surface area (Å²) in [6.45, 7) is 0. The quantitative estimate of drug-likeness (QED) is 0.714. The van der Waals surface area contributed by atoms with Crippen molar-refractivity contribution in [2.24, 2.45) is 7.05 Å². The fourth-order valence-corrected chi connectivity index (χ4v) is 2.14. The summed E-state index contributed by atoms with van der Waals surface area (Å²) in [6, 6.07) is 7.14. The Morgan fingerprint density at radius 2 is 1.90 bits per heavy atom. The number of benzene rings is 1. The number of nitrogen functional groups attached to an aromatic ring is 1. The third-order valence-corrected chi connectivity index (χ3v) is 3.15. The third-order valence-electron chi connectivity index (χ3n) is 3.15. The number of nitroso groups, excluding NO2 is 1. The molecule has 0 aliphatic heterocycles. The molecule has 1 aromatic carbocycles. The van der Waals surface area contributed by atoms with Crippen molar-refractivity contribution in [2.75, 3.05) is 12.8 Å². The molecule has 0 atom stereocenters. The number of hydrogen-bond donors (Lipinski definition) is 1. The molecule has 100 valence electrons. The molecule has 0 spiro atoms. The molecule has 0 unspecified atom stereocenters. The standard InChI is InChI=1S/C13H13N6O/c1-18-13-10(12(14)15-7-16-13)11(17-18)8-3-5-9(6-4-8)19(2)20/h3-7H,1-2H3,(H2,14,15,16)/q+1. The fourth-order valence-electron chi connectivity index (χ4n) is 2.14. The average Bonchev–Trinajstić information content (AvgIpc) is 2.78. The SMILES string of the molecule is Cn1nc(-c2ccc([N+](C)=O)cc2)c2c(N)ncnc21. The molecule has 3 aromatic rings. The van der Waals surface area contributed by atoms with E-state index in [1.54, 1.807) is 23.9 Å². The van der Waals surface area contributed by atoms with Crippen LogP contribution < -0.4 is 5.73 Å². The Labute approximate surface area is 114 Å². The summed E-state index contributed by atoms with van der Waals surface area (Å²) in [5, 5.41) is 5.16. The van der Waals surface area contributed by atoms with Crippen LogP contribution in [-0.2, 0) is 7.05 Å². The van der Waals surface area contributed by atoms with E-state index in [2.05, 4.69) is 15.1 Å². The van der Waals surface area contributed by atoms with E-state index in [4.69, 9.17) is 5.73 Å². The number of nitrogens with zero attached hydrogens (tertiary/aromatic N) is 5. The third kappa shape index (κ3) is 1.80. The zero-order valence-electron chi connectivity index (χ0n) is 11.1. The summed E-state index contributed by atoms with van der Waals surface area (Å²) < 4.78 is 2.47. The molecule has 0 bridgehead atoms. The molecule has 2 aromatic heterocycles. The Kier molecular flexibility index (Phi) is 2.67. The van der Waals surface area contributed by atoms with Gasteiger partial charge >= 0.3 is 0 Å². The van der Waals surface area contributed by atoms with Crippen molar-refractivity contribution in [1.29, 1.82) is 0 Å². The molecule has 0 aliphatic rings. The van der Waals surface area contributed by atoms with Crippen LogP contribution in [-0.4, -0.2) is 31.6 Å². The van der Waals surface area contributed by atoms with E-state index < -0.39 is 0 Å². The minimum atomic E-state index is 0.392. The molecule has 0 saturated carbocycles. The van der Waals surface area contributed by atoms with Gasteiger partial charge in [-0.25, -0.2) is 14.6 Å². The molecule has 0 aliphatic carbocycles. The number of rotatable bonds is 2. The van der Waals surface area contributed by atoms with Crippen LogP contribution in [0.2, 0.25) is 0 Å². The van der Waals surface area contributed by atoms with Crippen molar-refractivity contribution in [1.82, 2.24) is 19.7 Å². The second-order valence-electron chi connectivity index (χ2n) is 4.47. The number of anilines is 1. The first kappa shape index (κ1) is 12.2. The van der Waals surface area contributed by atoms with Gasteiger partial charge in [-0.3, -0.25) is 0 Å². The molecule has 2 N–H and O–H groups in total. The Balaban J connectivity index is 2.22. The predicted molar refractivity (Wildman–Crippen MR) is 75.4 cm³/mol. The fraction of sp³-hybridized carbons (Fsp3) is 0.154. The van der Waals surface area contributed by atoms with Crippen LogP contribution in [0.1, 0.15) is 0 Å². The van der Waals surface area contributed by atoms with Gasteiger partial charge in [0.05, 0.1) is 5.39 Å². The van der Waals surface area contributed by atoms with Gasteiger partial charge in [-0.05, 0) is 12.1 Å². The van der Waals surface area contributed by atoms with Gasteiger partial charge in [-0.1, -0.05) is 0 Å². The van der Waals surface area contributed by atoms with Crippen molar-refractivity contribution >= 4 is 22.5 Å². The van der Waals surface area contributed by atoms with Gasteiger partial charge in [-0.2, -0.15) is 5.10 Å². The molecule has 0 radical (unpaired) electrons. The van der Waals surface area contributed by atoms with E-state index >= 15 is 0 Å². The number of fused-ring (bicyclic) bond motifs is 1. The Hall–Kier alpha value is -2.83. The topological polar surface area (TPSA) is 89.7 Å². The van der Waals surface area contributed by atoms with E-state index in [1.807, 2.05) is 12.1 Å². The van der Waals surface area contributed by atoms with Crippen LogP contribution in [0.5, 0.6) is 0 Å². The van der Waals surface area contributed by atoms with E-state index in [9.17, 15) is 4.91 Å². The van der Waals surface area contributed by atoms with E-state index in [-0.39, 0.29) is 0 Å². The number of hydrogen-bond acceptors (Lipinski definition) is 5. The Bertz CT molecular complexity index is 806. The molecule has 3 rings (SSSR count). The molecule has 2 heterocycles. The van der Waals surface area contributed by atoms with Gasteiger partial charge in [0.2, 0.25) is 0 Å². The molecular weight excluding hydrogens is 256 g/mol. The van der Waals surface area contributed by atoms with Crippen molar-refractivity contribution in [3.05, 3.63) is 35.5 Å². The van der Waals surface area contributed by atoms with Gasteiger partial charge in [0.15, 0.2) is 12.7 Å². The zero-order valence-corrected chi connectivity index (χ0v) is 11.1. The second kappa shape index (κ2) is 4.37. The summed E-state index contributed by atoms with van der Waals surface area (Å²) in [7, 11) is 3.26. The van der Waals surface area contributed by atoms with Crippen molar-refractivity contribution < 1.29 is 4.76 Å². The highest BCUT2D eigenvalue weighted by Crippen LogP contribution is 2.30. The molecule has 7 heteroatoms. The molecule has 7 nitrogen and oxygen atoms in total. The first-order chi connectivity index (χ1) is 9.58. The number of aryl methyl sites for hydroxylation is 1. The molecule has 0 amide bonds. The van der Waals surface area contributed by atoms with Crippen molar-refractivity contribution in [3.63, 3.8) is 0 Å². The van der Waals surface area contributed by atoms with Gasteiger partial charge in [0, 0.05) is 34.4 Å². The lowest BCUT2D eigenvalue weighted by atomic mass is 10.1. The van der Waals surface area contributed by atoms with Gasteiger partial charge < -0.3 is 5.73 Å². The maximum Gasteiger partial charge on any atom is 0.255 e. The molecule has 0 fully saturated rings. The van der Waals surface area contributed by atoms with Crippen molar-refractivity contribution in [2.45, 2.75) is 0 Å². The second-order valence-corrected chi connectivity index (χ2v) is 4.47. The highest BCUT2D eigenvalue weighted by molar-refractivity contribution is 5.98. The highest BCUT2D eigenvalue weighted by Gasteiger charge is 2.16. The monoisotopic (exact) mass is 269 g/mol. The van der Waals surface area contributed by atoms with Crippen molar-refractivity contribution in [3.8, 4) is 11.3 Å².